The first-order valence-electron chi connectivity index (χ1n) is 8.08. The van der Waals surface area contributed by atoms with Gasteiger partial charge in [0.1, 0.15) is 0 Å². The van der Waals surface area contributed by atoms with Gasteiger partial charge in [-0.25, -0.2) is 0 Å². The van der Waals surface area contributed by atoms with E-state index in [0.29, 0.717) is 0 Å². The summed E-state index contributed by atoms with van der Waals surface area (Å²) in [6.07, 6.45) is 7.51. The predicted molar refractivity (Wildman–Crippen MR) is 79.5 cm³/mol. The fraction of sp³-hybridized carbons (Fsp3) is 1.00. The minimum absolute atomic E-state index is 0.00926. The Hall–Kier alpha value is -0.0400. The average molecular weight is 254 g/mol. The zero-order valence-electron chi connectivity index (χ0n) is 13.2. The van der Waals surface area contributed by atoms with Crippen LogP contribution in [0.5, 0.6) is 0 Å². The van der Waals surface area contributed by atoms with Crippen molar-refractivity contribution >= 4 is 0 Å². The summed E-state index contributed by atoms with van der Waals surface area (Å²) in [4.78, 5) is 0. The SMILES string of the molecule is CC(C)C1CCC(O)CC1.CC1CC(C(C)C)C1. The maximum Gasteiger partial charge on any atom is 0.0540 e. The minimum atomic E-state index is 0.00926. The molecule has 2 fully saturated rings. The van der Waals surface area contributed by atoms with Crippen molar-refractivity contribution in [2.75, 3.05) is 0 Å². The predicted octanol–water partition coefficient (Wildman–Crippen LogP) is 4.88. The number of hydrogen-bond acceptors (Lipinski definition) is 1. The molecule has 1 nitrogen and oxygen atoms in total. The lowest BCUT2D eigenvalue weighted by molar-refractivity contribution is 0.0963. The zero-order valence-corrected chi connectivity index (χ0v) is 13.2. The summed E-state index contributed by atoms with van der Waals surface area (Å²) in [5.41, 5.74) is 0. The van der Waals surface area contributed by atoms with Gasteiger partial charge in [0.05, 0.1) is 6.10 Å². The molecule has 18 heavy (non-hydrogen) atoms. The molecule has 1 heteroatoms. The van der Waals surface area contributed by atoms with Crippen molar-refractivity contribution in [3.8, 4) is 0 Å². The molecule has 0 atom stereocenters. The summed E-state index contributed by atoms with van der Waals surface area (Å²) < 4.78 is 0. The molecule has 108 valence electrons. The fourth-order valence-corrected chi connectivity index (χ4v) is 3.28. The summed E-state index contributed by atoms with van der Waals surface area (Å²) in [6.45, 7) is 11.6. The highest BCUT2D eigenvalue weighted by molar-refractivity contribution is 4.77. The van der Waals surface area contributed by atoms with Gasteiger partial charge in [-0.2, -0.15) is 0 Å². The molecular formula is C17H34O. The van der Waals surface area contributed by atoms with Crippen LogP contribution in [0.25, 0.3) is 0 Å². The Labute approximate surface area is 114 Å². The molecule has 0 bridgehead atoms. The second kappa shape index (κ2) is 7.53. The highest BCUT2D eigenvalue weighted by atomic mass is 16.3. The van der Waals surface area contributed by atoms with Gasteiger partial charge >= 0.3 is 0 Å². The molecule has 0 spiro atoms. The lowest BCUT2D eigenvalue weighted by Crippen LogP contribution is -2.25. The van der Waals surface area contributed by atoms with Crippen LogP contribution in [0.1, 0.15) is 73.1 Å². The Kier molecular flexibility index (Phi) is 6.70. The topological polar surface area (TPSA) is 20.2 Å². The Bertz CT molecular complexity index is 208. The molecule has 0 heterocycles. The number of hydrogen-bond donors (Lipinski definition) is 1. The molecule has 2 rings (SSSR count). The van der Waals surface area contributed by atoms with Gasteiger partial charge in [0, 0.05) is 0 Å². The normalized spacial score (nSPS) is 36.0. The summed E-state index contributed by atoms with van der Waals surface area (Å²) in [7, 11) is 0. The standard InChI is InChI=1S/C9H18O.C8H16/c1-7(2)8-3-5-9(10)6-4-8;1-6(2)8-4-7(3)5-8/h7-10H,3-6H2,1-2H3;6-8H,4-5H2,1-3H3. The third-order valence-electron chi connectivity index (χ3n) is 5.04. The van der Waals surface area contributed by atoms with Crippen molar-refractivity contribution in [1.82, 2.24) is 0 Å². The molecule has 0 aliphatic heterocycles. The van der Waals surface area contributed by atoms with Gasteiger partial charge in [0.2, 0.25) is 0 Å². The summed E-state index contributed by atoms with van der Waals surface area (Å²) in [6, 6.07) is 0. The van der Waals surface area contributed by atoms with Crippen LogP contribution in [0.15, 0.2) is 0 Å². The average Bonchev–Trinajstić information content (AvgIpc) is 2.26. The Balaban J connectivity index is 0.000000184. The molecule has 0 unspecified atom stereocenters. The first-order valence-corrected chi connectivity index (χ1v) is 8.08. The molecule has 0 aromatic heterocycles. The van der Waals surface area contributed by atoms with Gasteiger partial charge in [-0.15, -0.1) is 0 Å². The summed E-state index contributed by atoms with van der Waals surface area (Å²) in [5, 5.41) is 9.21. The highest BCUT2D eigenvalue weighted by Crippen LogP contribution is 2.37. The second-order valence-corrected chi connectivity index (χ2v) is 7.39. The molecular weight excluding hydrogens is 220 g/mol. The maximum absolute atomic E-state index is 9.21. The van der Waals surface area contributed by atoms with Crippen LogP contribution in [0.3, 0.4) is 0 Å². The third-order valence-corrected chi connectivity index (χ3v) is 5.04. The van der Waals surface area contributed by atoms with Crippen molar-refractivity contribution in [2.45, 2.75) is 79.2 Å². The van der Waals surface area contributed by atoms with E-state index < -0.39 is 0 Å². The molecule has 0 saturated heterocycles. The van der Waals surface area contributed by atoms with Crippen molar-refractivity contribution in [2.24, 2.45) is 29.6 Å². The van der Waals surface area contributed by atoms with E-state index in [-0.39, 0.29) is 6.10 Å². The quantitative estimate of drug-likeness (QED) is 0.744. The number of aliphatic hydroxyl groups is 1. The lowest BCUT2D eigenvalue weighted by Gasteiger charge is -2.35. The Morgan fingerprint density at radius 1 is 0.778 bits per heavy atom. The van der Waals surface area contributed by atoms with Crippen molar-refractivity contribution in [1.29, 1.82) is 0 Å². The number of aliphatic hydroxyl groups excluding tert-OH is 1. The van der Waals surface area contributed by atoms with Crippen molar-refractivity contribution in [3.63, 3.8) is 0 Å². The van der Waals surface area contributed by atoms with Gasteiger partial charge in [0.25, 0.3) is 0 Å². The minimum Gasteiger partial charge on any atom is -0.393 e. The molecule has 0 amide bonds. The van der Waals surface area contributed by atoms with Crippen LogP contribution in [0, 0.1) is 29.6 Å². The van der Waals surface area contributed by atoms with Gasteiger partial charge in [-0.3, -0.25) is 0 Å². The smallest absolute Gasteiger partial charge is 0.0540 e. The molecule has 2 aliphatic rings. The fourth-order valence-electron chi connectivity index (χ4n) is 3.28. The molecule has 2 aliphatic carbocycles. The Morgan fingerprint density at radius 2 is 1.22 bits per heavy atom. The van der Waals surface area contributed by atoms with Crippen LogP contribution < -0.4 is 0 Å². The van der Waals surface area contributed by atoms with Crippen LogP contribution in [0.4, 0.5) is 0 Å². The zero-order chi connectivity index (χ0) is 13.7. The Morgan fingerprint density at radius 3 is 1.50 bits per heavy atom. The van der Waals surface area contributed by atoms with Crippen LogP contribution in [-0.2, 0) is 0 Å². The van der Waals surface area contributed by atoms with Gasteiger partial charge in [-0.1, -0.05) is 34.6 Å². The summed E-state index contributed by atoms with van der Waals surface area (Å²) >= 11 is 0. The summed E-state index contributed by atoms with van der Waals surface area (Å²) in [5.74, 6) is 4.72. The second-order valence-electron chi connectivity index (χ2n) is 7.39. The number of rotatable bonds is 2. The van der Waals surface area contributed by atoms with E-state index in [1.165, 1.54) is 25.7 Å². The molecule has 0 aromatic carbocycles. The van der Waals surface area contributed by atoms with Gasteiger partial charge in [-0.05, 0) is 68.1 Å². The van der Waals surface area contributed by atoms with E-state index in [4.69, 9.17) is 0 Å². The molecule has 0 radical (unpaired) electrons. The van der Waals surface area contributed by atoms with Crippen molar-refractivity contribution < 1.29 is 5.11 Å². The van der Waals surface area contributed by atoms with Crippen LogP contribution in [0.2, 0.25) is 0 Å². The van der Waals surface area contributed by atoms with Gasteiger partial charge < -0.3 is 5.11 Å². The molecule has 2 saturated carbocycles. The van der Waals surface area contributed by atoms with E-state index in [0.717, 1.165) is 42.4 Å². The van der Waals surface area contributed by atoms with Gasteiger partial charge in [0.15, 0.2) is 0 Å². The van der Waals surface area contributed by atoms with Crippen LogP contribution >= 0.6 is 0 Å². The first kappa shape index (κ1) is 16.0. The maximum atomic E-state index is 9.21. The van der Waals surface area contributed by atoms with E-state index in [2.05, 4.69) is 34.6 Å². The first-order chi connectivity index (χ1) is 8.40. The molecule has 0 aromatic rings. The lowest BCUT2D eigenvalue weighted by atomic mass is 9.71. The molecule has 1 N–H and O–H groups in total. The van der Waals surface area contributed by atoms with E-state index >= 15 is 0 Å². The van der Waals surface area contributed by atoms with E-state index in [9.17, 15) is 5.11 Å². The van der Waals surface area contributed by atoms with E-state index in [1.807, 2.05) is 0 Å². The van der Waals surface area contributed by atoms with E-state index in [1.54, 1.807) is 0 Å². The highest BCUT2D eigenvalue weighted by Gasteiger charge is 2.27. The third kappa shape index (κ3) is 5.30. The van der Waals surface area contributed by atoms with Crippen molar-refractivity contribution in [3.05, 3.63) is 0 Å². The monoisotopic (exact) mass is 254 g/mol. The van der Waals surface area contributed by atoms with Crippen LogP contribution in [-0.4, -0.2) is 11.2 Å². The largest absolute Gasteiger partial charge is 0.393 e.